The Morgan fingerprint density at radius 2 is 1.95 bits per heavy atom. The van der Waals surface area contributed by atoms with E-state index in [1.807, 2.05) is 24.3 Å². The third kappa shape index (κ3) is 3.71. The highest BCUT2D eigenvalue weighted by atomic mass is 35.5. The van der Waals surface area contributed by atoms with Crippen LogP contribution in [0.1, 0.15) is 0 Å². The van der Waals surface area contributed by atoms with Crippen molar-refractivity contribution in [2.45, 2.75) is 6.43 Å². The van der Waals surface area contributed by atoms with Gasteiger partial charge in [-0.05, 0) is 0 Å². The molecule has 1 heterocycles. The molecular weight excluding hydrogens is 276 g/mol. The Morgan fingerprint density at radius 1 is 1.21 bits per heavy atom. The Balaban J connectivity index is 1.99. The summed E-state index contributed by atoms with van der Waals surface area (Å²) in [6.07, 6.45) is -2.45. The molecule has 2 rings (SSSR count). The first-order valence-electron chi connectivity index (χ1n) is 5.69. The van der Waals surface area contributed by atoms with E-state index in [0.717, 1.165) is 10.8 Å². The van der Waals surface area contributed by atoms with Gasteiger partial charge in [0.2, 0.25) is 0 Å². The molecule has 0 fully saturated rings. The van der Waals surface area contributed by atoms with Gasteiger partial charge in [0.1, 0.15) is 6.61 Å². The van der Waals surface area contributed by atoms with Gasteiger partial charge in [0.25, 0.3) is 6.43 Å². The van der Waals surface area contributed by atoms with Crippen molar-refractivity contribution in [1.29, 1.82) is 0 Å². The molecule has 102 valence electrons. The van der Waals surface area contributed by atoms with Crippen molar-refractivity contribution in [3.05, 3.63) is 29.4 Å². The van der Waals surface area contributed by atoms with E-state index < -0.39 is 13.0 Å². The van der Waals surface area contributed by atoms with Crippen molar-refractivity contribution in [2.75, 3.05) is 25.1 Å². The first-order chi connectivity index (χ1) is 9.18. The van der Waals surface area contributed by atoms with Crippen LogP contribution in [0.25, 0.3) is 10.8 Å². The number of nitrogens with zero attached hydrogens (tertiary/aromatic N) is 2. The van der Waals surface area contributed by atoms with Gasteiger partial charge in [-0.25, -0.2) is 8.78 Å². The molecule has 7 heteroatoms. The average molecular weight is 288 g/mol. The zero-order valence-corrected chi connectivity index (χ0v) is 10.7. The molecule has 0 unspecified atom stereocenters. The van der Waals surface area contributed by atoms with Crippen molar-refractivity contribution >= 4 is 28.2 Å². The van der Waals surface area contributed by atoms with Gasteiger partial charge in [0.15, 0.2) is 11.0 Å². The minimum Gasteiger partial charge on any atom is -0.374 e. The topological polar surface area (TPSA) is 47.0 Å². The molecule has 4 nitrogen and oxygen atoms in total. The third-order valence-corrected chi connectivity index (χ3v) is 2.70. The van der Waals surface area contributed by atoms with Crippen LogP contribution in [0.3, 0.4) is 0 Å². The smallest absolute Gasteiger partial charge is 0.261 e. The molecular formula is C12H12ClF2N3O. The van der Waals surface area contributed by atoms with Gasteiger partial charge in [-0.15, -0.1) is 10.2 Å². The number of fused-ring (bicyclic) bond motifs is 1. The van der Waals surface area contributed by atoms with E-state index in [1.54, 1.807) is 0 Å². The van der Waals surface area contributed by atoms with Crippen LogP contribution >= 0.6 is 11.6 Å². The van der Waals surface area contributed by atoms with Crippen LogP contribution in [0.4, 0.5) is 14.6 Å². The van der Waals surface area contributed by atoms with Gasteiger partial charge in [-0.3, -0.25) is 0 Å². The lowest BCUT2D eigenvalue weighted by Gasteiger charge is -2.09. The summed E-state index contributed by atoms with van der Waals surface area (Å²) in [5, 5.41) is 12.7. The van der Waals surface area contributed by atoms with E-state index in [-0.39, 0.29) is 6.61 Å². The predicted molar refractivity (Wildman–Crippen MR) is 69.9 cm³/mol. The van der Waals surface area contributed by atoms with E-state index in [2.05, 4.69) is 15.5 Å². The molecule has 1 N–H and O–H groups in total. The van der Waals surface area contributed by atoms with E-state index in [9.17, 15) is 8.78 Å². The summed E-state index contributed by atoms with van der Waals surface area (Å²) in [7, 11) is 0. The second-order valence-electron chi connectivity index (χ2n) is 3.78. The number of hydrogen-bond acceptors (Lipinski definition) is 4. The number of aromatic nitrogens is 2. The zero-order chi connectivity index (χ0) is 13.7. The summed E-state index contributed by atoms with van der Waals surface area (Å²) >= 11 is 5.94. The van der Waals surface area contributed by atoms with E-state index >= 15 is 0 Å². The van der Waals surface area contributed by atoms with Crippen molar-refractivity contribution in [3.63, 3.8) is 0 Å². The maximum Gasteiger partial charge on any atom is 0.261 e. The van der Waals surface area contributed by atoms with Crippen molar-refractivity contribution < 1.29 is 13.5 Å². The Bertz CT molecular complexity index is 553. The number of anilines is 1. The molecule has 0 bridgehead atoms. The summed E-state index contributed by atoms with van der Waals surface area (Å²) in [5.74, 6) is 0.556. The highest BCUT2D eigenvalue weighted by molar-refractivity contribution is 6.34. The van der Waals surface area contributed by atoms with Gasteiger partial charge in [0.05, 0.1) is 6.61 Å². The lowest BCUT2D eigenvalue weighted by molar-refractivity contribution is 0.0215. The minimum atomic E-state index is -2.45. The van der Waals surface area contributed by atoms with Gasteiger partial charge in [-0.1, -0.05) is 35.9 Å². The molecule has 0 saturated heterocycles. The first kappa shape index (κ1) is 13.9. The van der Waals surface area contributed by atoms with Crippen LogP contribution in [0.5, 0.6) is 0 Å². The van der Waals surface area contributed by atoms with Crippen LogP contribution in [-0.2, 0) is 4.74 Å². The van der Waals surface area contributed by atoms with Gasteiger partial charge in [0, 0.05) is 17.3 Å². The predicted octanol–water partition coefficient (Wildman–Crippen LogP) is 2.98. The lowest BCUT2D eigenvalue weighted by Crippen LogP contribution is -2.14. The second kappa shape index (κ2) is 6.58. The first-order valence-corrected chi connectivity index (χ1v) is 6.07. The molecule has 0 aliphatic rings. The van der Waals surface area contributed by atoms with Crippen LogP contribution in [0.2, 0.25) is 5.15 Å². The standard InChI is InChI=1S/C12H12ClF2N3O/c13-11-8-3-1-2-4-9(8)12(18-17-11)16-5-6-19-7-10(14)15/h1-4,10H,5-7H2,(H,16,18). The molecule has 0 atom stereocenters. The minimum absolute atomic E-state index is 0.170. The molecule has 0 aliphatic heterocycles. The van der Waals surface area contributed by atoms with Gasteiger partial charge in [-0.2, -0.15) is 0 Å². The van der Waals surface area contributed by atoms with Gasteiger partial charge >= 0.3 is 0 Å². The van der Waals surface area contributed by atoms with Crippen LogP contribution in [-0.4, -0.2) is 36.4 Å². The van der Waals surface area contributed by atoms with E-state index in [1.165, 1.54) is 0 Å². The molecule has 1 aromatic carbocycles. The normalized spacial score (nSPS) is 11.2. The van der Waals surface area contributed by atoms with Gasteiger partial charge < -0.3 is 10.1 Å². The SMILES string of the molecule is FC(F)COCCNc1nnc(Cl)c2ccccc12. The number of benzene rings is 1. The average Bonchev–Trinajstić information content (AvgIpc) is 2.41. The Hall–Kier alpha value is -1.53. The largest absolute Gasteiger partial charge is 0.374 e. The Kier molecular flexibility index (Phi) is 4.81. The molecule has 19 heavy (non-hydrogen) atoms. The summed E-state index contributed by atoms with van der Waals surface area (Å²) < 4.78 is 28.5. The van der Waals surface area contributed by atoms with E-state index in [0.29, 0.717) is 17.5 Å². The van der Waals surface area contributed by atoms with E-state index in [4.69, 9.17) is 16.3 Å². The number of ether oxygens (including phenoxy) is 1. The number of halogens is 3. The Labute approximate surface area is 113 Å². The van der Waals surface area contributed by atoms with Crippen molar-refractivity contribution in [3.8, 4) is 0 Å². The molecule has 0 amide bonds. The molecule has 0 spiro atoms. The summed E-state index contributed by atoms with van der Waals surface area (Å²) in [6, 6.07) is 7.41. The second-order valence-corrected chi connectivity index (χ2v) is 4.14. The van der Waals surface area contributed by atoms with Crippen LogP contribution in [0.15, 0.2) is 24.3 Å². The molecule has 2 aromatic rings. The molecule has 1 aromatic heterocycles. The number of rotatable bonds is 6. The molecule has 0 saturated carbocycles. The number of nitrogens with one attached hydrogen (secondary N) is 1. The monoisotopic (exact) mass is 287 g/mol. The highest BCUT2D eigenvalue weighted by Gasteiger charge is 2.07. The molecule has 0 aliphatic carbocycles. The lowest BCUT2D eigenvalue weighted by atomic mass is 10.2. The fourth-order valence-corrected chi connectivity index (χ4v) is 1.82. The molecule has 0 radical (unpaired) electrons. The van der Waals surface area contributed by atoms with Crippen molar-refractivity contribution in [2.24, 2.45) is 0 Å². The number of alkyl halides is 2. The summed E-state index contributed by atoms with van der Waals surface area (Å²) in [5.41, 5.74) is 0. The summed E-state index contributed by atoms with van der Waals surface area (Å²) in [6.45, 7) is -0.0231. The highest BCUT2D eigenvalue weighted by Crippen LogP contribution is 2.25. The summed E-state index contributed by atoms with van der Waals surface area (Å²) in [4.78, 5) is 0. The quantitative estimate of drug-likeness (QED) is 0.830. The maximum atomic E-state index is 11.9. The maximum absolute atomic E-state index is 11.9. The fourth-order valence-electron chi connectivity index (χ4n) is 1.62. The third-order valence-electron chi connectivity index (χ3n) is 2.42. The van der Waals surface area contributed by atoms with Crippen molar-refractivity contribution in [1.82, 2.24) is 10.2 Å². The van der Waals surface area contributed by atoms with Crippen LogP contribution in [0, 0.1) is 0 Å². The number of hydrogen-bond donors (Lipinski definition) is 1. The fraction of sp³-hybridized carbons (Fsp3) is 0.333. The zero-order valence-electron chi connectivity index (χ0n) is 9.94. The van der Waals surface area contributed by atoms with Crippen LogP contribution < -0.4 is 5.32 Å². The Morgan fingerprint density at radius 3 is 2.68 bits per heavy atom.